The summed E-state index contributed by atoms with van der Waals surface area (Å²) in [6, 6.07) is 44.8. The minimum atomic E-state index is 0.686. The van der Waals surface area contributed by atoms with Crippen molar-refractivity contribution in [2.24, 2.45) is 0 Å². The first kappa shape index (κ1) is 24.4. The topological polar surface area (TPSA) is 43.1 Å². The molecule has 0 aliphatic carbocycles. The second-order valence-corrected chi connectivity index (χ2v) is 12.7. The number of aromatic nitrogens is 4. The van der Waals surface area contributed by atoms with Gasteiger partial charge in [-0.3, -0.25) is 9.38 Å². The van der Waals surface area contributed by atoms with Crippen molar-refractivity contribution in [3.63, 3.8) is 0 Å². The largest absolute Gasteiger partial charge is 0.266 e. The van der Waals surface area contributed by atoms with Crippen molar-refractivity contribution >= 4 is 57.8 Å². The Morgan fingerprint density at radius 2 is 1.12 bits per heavy atom. The van der Waals surface area contributed by atoms with Gasteiger partial charge in [-0.1, -0.05) is 136 Å². The summed E-state index contributed by atoms with van der Waals surface area (Å²) in [5.41, 5.74) is 10.7. The van der Waals surface area contributed by atoms with E-state index in [1.165, 1.54) is 27.0 Å². The number of nitrogens with zero attached hydrogens (tertiary/aromatic N) is 4. The van der Waals surface area contributed by atoms with Crippen LogP contribution >= 0.6 is 20.7 Å². The summed E-state index contributed by atoms with van der Waals surface area (Å²) in [6.07, 6.45) is 1.84. The lowest BCUT2D eigenvalue weighted by Crippen LogP contribution is -1.95. The summed E-state index contributed by atoms with van der Waals surface area (Å²) in [5, 5.41) is 2.25. The first-order valence-electron chi connectivity index (χ1n) is 14.1. The summed E-state index contributed by atoms with van der Waals surface area (Å²) in [5.74, 6) is 0.686. The van der Waals surface area contributed by atoms with Crippen LogP contribution in [0.15, 0.2) is 134 Å². The Labute approximate surface area is 254 Å². The summed E-state index contributed by atoms with van der Waals surface area (Å²) in [4.78, 5) is 16.3. The first-order chi connectivity index (χ1) is 21.3. The number of imidazole rings is 1. The molecule has 9 rings (SSSR count). The molecule has 5 aromatic carbocycles. The fourth-order valence-corrected chi connectivity index (χ4v) is 8.58. The maximum atomic E-state index is 5.23. The second-order valence-electron chi connectivity index (χ2n) is 10.6. The maximum absolute atomic E-state index is 5.23. The normalized spacial score (nSPS) is 11.7. The van der Waals surface area contributed by atoms with E-state index in [0.717, 1.165) is 49.2 Å². The third-order valence-corrected chi connectivity index (χ3v) is 10.5. The van der Waals surface area contributed by atoms with Gasteiger partial charge in [0, 0.05) is 22.7 Å². The van der Waals surface area contributed by atoms with E-state index in [2.05, 4.69) is 120 Å². The summed E-state index contributed by atoms with van der Waals surface area (Å²) in [7, 11) is 3.56. The van der Waals surface area contributed by atoms with E-state index in [4.69, 9.17) is 15.0 Å². The van der Waals surface area contributed by atoms with E-state index in [9.17, 15) is 0 Å². The number of hydrogen-bond acceptors (Lipinski definition) is 5. The number of hydrogen-bond donors (Lipinski definition) is 0. The number of fused-ring (bicyclic) bond motifs is 4. The van der Waals surface area contributed by atoms with Gasteiger partial charge in [-0.2, -0.15) is 0 Å². The molecule has 0 amide bonds. The Morgan fingerprint density at radius 1 is 0.512 bits per heavy atom. The van der Waals surface area contributed by atoms with E-state index >= 15 is 0 Å². The van der Waals surface area contributed by atoms with Gasteiger partial charge in [0.05, 0.1) is 27.0 Å². The van der Waals surface area contributed by atoms with Crippen molar-refractivity contribution < 1.29 is 0 Å². The van der Waals surface area contributed by atoms with E-state index in [-0.39, 0.29) is 0 Å². The zero-order valence-corrected chi connectivity index (χ0v) is 24.4. The van der Waals surface area contributed by atoms with Crippen LogP contribution in [0.3, 0.4) is 0 Å². The van der Waals surface area contributed by atoms with Gasteiger partial charge < -0.3 is 0 Å². The molecule has 0 atom stereocenters. The van der Waals surface area contributed by atoms with Gasteiger partial charge in [0.25, 0.3) is 0 Å². The Kier molecular flexibility index (Phi) is 5.51. The van der Waals surface area contributed by atoms with Crippen molar-refractivity contribution in [2.45, 2.75) is 0 Å². The molecule has 6 heteroatoms. The highest BCUT2D eigenvalue weighted by atomic mass is 32.9. The van der Waals surface area contributed by atoms with Crippen molar-refractivity contribution in [3.05, 3.63) is 134 Å². The number of pyridine rings is 1. The highest BCUT2D eigenvalue weighted by Crippen LogP contribution is 2.43. The Hall–Kier alpha value is -5.17. The predicted octanol–water partition coefficient (Wildman–Crippen LogP) is 10.4. The van der Waals surface area contributed by atoms with Crippen LogP contribution in [0.1, 0.15) is 0 Å². The monoisotopic (exact) mass is 586 g/mol. The van der Waals surface area contributed by atoms with Crippen molar-refractivity contribution in [1.82, 2.24) is 19.4 Å². The second kappa shape index (κ2) is 9.70. The summed E-state index contributed by atoms with van der Waals surface area (Å²) >= 11 is 0. The van der Waals surface area contributed by atoms with Crippen LogP contribution in [0, 0.1) is 0 Å². The average molecular weight is 587 g/mol. The molecule has 0 saturated carbocycles. The fourth-order valence-electron chi connectivity index (χ4n) is 5.98. The van der Waals surface area contributed by atoms with Gasteiger partial charge in [-0.15, -0.1) is 0 Å². The molecule has 0 N–H and O–H groups in total. The van der Waals surface area contributed by atoms with E-state index < -0.39 is 0 Å². The molecule has 0 aliphatic heterocycles. The predicted molar refractivity (Wildman–Crippen MR) is 181 cm³/mol. The maximum Gasteiger partial charge on any atom is 0.236 e. The van der Waals surface area contributed by atoms with Crippen LogP contribution in [-0.2, 0) is 0 Å². The van der Waals surface area contributed by atoms with Gasteiger partial charge >= 0.3 is 0 Å². The smallest absolute Gasteiger partial charge is 0.236 e. The minimum Gasteiger partial charge on any atom is -0.266 e. The van der Waals surface area contributed by atoms with Crippen LogP contribution in [-0.4, -0.2) is 19.4 Å². The molecule has 0 bridgehead atoms. The molecule has 9 aromatic rings. The molecule has 0 fully saturated rings. The van der Waals surface area contributed by atoms with Crippen LogP contribution < -0.4 is 0 Å². The molecule has 0 radical (unpaired) electrons. The Balaban J connectivity index is 1.31. The van der Waals surface area contributed by atoms with Crippen molar-refractivity contribution in [2.75, 3.05) is 0 Å². The molecule has 0 unspecified atom stereocenters. The van der Waals surface area contributed by atoms with E-state index in [0.29, 0.717) is 5.78 Å². The molecule has 0 aliphatic rings. The quantitative estimate of drug-likeness (QED) is 0.152. The highest BCUT2D eigenvalue weighted by Gasteiger charge is 2.23. The molecular formula is C37H22N4S2. The molecule has 4 aromatic heterocycles. The fraction of sp³-hybridized carbons (Fsp3) is 0. The number of benzene rings is 5. The van der Waals surface area contributed by atoms with Gasteiger partial charge in [-0.05, 0) is 34.4 Å². The van der Waals surface area contributed by atoms with Gasteiger partial charge in [-0.25, -0.2) is 9.97 Å². The van der Waals surface area contributed by atoms with E-state index in [1.807, 2.05) is 18.3 Å². The summed E-state index contributed by atoms with van der Waals surface area (Å²) in [6.45, 7) is 0. The van der Waals surface area contributed by atoms with Gasteiger partial charge in [0.2, 0.25) is 5.78 Å². The van der Waals surface area contributed by atoms with Gasteiger partial charge in [0.15, 0.2) is 0 Å². The average Bonchev–Trinajstić information content (AvgIpc) is 3.68. The Bertz CT molecular complexity index is 2420. The standard InChI is InChI=1S/C37H22N4S2/c1-3-8-23(9-4-1)25-13-17-27(18-14-25)33-35(28-19-15-26(16-20-28)24-10-5-2-6-11-24)41-36-31-30(42-43-36)22-29-12-7-21-38-32(29)34(31)40-37(41)39-33/h1-22H. The molecule has 0 spiro atoms. The van der Waals surface area contributed by atoms with Crippen LogP contribution in [0.25, 0.3) is 81.9 Å². The van der Waals surface area contributed by atoms with Crippen molar-refractivity contribution in [3.8, 4) is 44.8 Å². The zero-order valence-electron chi connectivity index (χ0n) is 22.8. The SMILES string of the molecule is c1ccc(-c2ccc(-c3nc4nc5c6ncccc6cc6ssc(c65)n4c3-c3ccc(-c4ccccc4)cc3)cc2)cc1. The van der Waals surface area contributed by atoms with Gasteiger partial charge in [0.1, 0.15) is 10.3 Å². The lowest BCUT2D eigenvalue weighted by atomic mass is 9.99. The van der Waals surface area contributed by atoms with Crippen molar-refractivity contribution in [1.29, 1.82) is 0 Å². The molecule has 4 nitrogen and oxygen atoms in total. The third-order valence-electron chi connectivity index (χ3n) is 8.06. The third kappa shape index (κ3) is 3.91. The highest BCUT2D eigenvalue weighted by molar-refractivity contribution is 7.74. The van der Waals surface area contributed by atoms with Crippen LogP contribution in [0.2, 0.25) is 0 Å². The zero-order chi connectivity index (χ0) is 28.3. The minimum absolute atomic E-state index is 0.686. The number of rotatable bonds is 4. The first-order valence-corrected chi connectivity index (χ1v) is 16.3. The lowest BCUT2D eigenvalue weighted by Gasteiger charge is -2.10. The van der Waals surface area contributed by atoms with Crippen LogP contribution in [0.4, 0.5) is 0 Å². The Morgan fingerprint density at radius 3 is 1.79 bits per heavy atom. The molecule has 43 heavy (non-hydrogen) atoms. The summed E-state index contributed by atoms with van der Waals surface area (Å²) < 4.78 is 3.47. The molecular weight excluding hydrogens is 565 g/mol. The molecule has 202 valence electrons. The van der Waals surface area contributed by atoms with E-state index in [1.54, 1.807) is 20.7 Å². The van der Waals surface area contributed by atoms with Crippen LogP contribution in [0.5, 0.6) is 0 Å². The molecule has 0 saturated heterocycles. The molecule has 4 heterocycles. The lowest BCUT2D eigenvalue weighted by molar-refractivity contribution is 1.20.